The summed E-state index contributed by atoms with van der Waals surface area (Å²) in [6.45, 7) is 3.83. The molecule has 7 nitrogen and oxygen atoms in total. The van der Waals surface area contributed by atoms with Crippen LogP contribution in [0.25, 0.3) is 10.8 Å². The van der Waals surface area contributed by atoms with E-state index in [1.54, 1.807) is 36.1 Å². The minimum absolute atomic E-state index is 0.0434. The standard InChI is InChI=1S/C24H27N3O4/c1-30-17-16-27-11-10-20-21(24(27)29)8-5-9-22(20)31-18-23(28)26-14-12-25(13-15-26)19-6-3-2-4-7-19/h2-11H,12-18H2,1H3. The van der Waals surface area contributed by atoms with Gasteiger partial charge in [0.15, 0.2) is 6.61 Å². The second-order valence-corrected chi connectivity index (χ2v) is 7.52. The Morgan fingerprint density at radius 2 is 1.71 bits per heavy atom. The van der Waals surface area contributed by atoms with Gasteiger partial charge in [-0.3, -0.25) is 9.59 Å². The van der Waals surface area contributed by atoms with E-state index >= 15 is 0 Å². The van der Waals surface area contributed by atoms with Crippen molar-refractivity contribution in [2.24, 2.45) is 0 Å². The van der Waals surface area contributed by atoms with Crippen molar-refractivity contribution in [3.8, 4) is 5.75 Å². The molecule has 1 amide bonds. The zero-order chi connectivity index (χ0) is 21.6. The normalized spacial score (nSPS) is 14.1. The molecule has 1 aliphatic rings. The summed E-state index contributed by atoms with van der Waals surface area (Å²) >= 11 is 0. The van der Waals surface area contributed by atoms with Crippen LogP contribution in [0.15, 0.2) is 65.6 Å². The van der Waals surface area contributed by atoms with Crippen molar-refractivity contribution in [1.82, 2.24) is 9.47 Å². The first-order chi connectivity index (χ1) is 15.2. The highest BCUT2D eigenvalue weighted by Gasteiger charge is 2.21. The van der Waals surface area contributed by atoms with Gasteiger partial charge >= 0.3 is 0 Å². The highest BCUT2D eigenvalue weighted by molar-refractivity contribution is 5.88. The summed E-state index contributed by atoms with van der Waals surface area (Å²) in [5.41, 5.74) is 1.08. The Balaban J connectivity index is 1.38. The van der Waals surface area contributed by atoms with Gasteiger partial charge in [-0.15, -0.1) is 0 Å². The molecule has 0 atom stereocenters. The van der Waals surface area contributed by atoms with Gasteiger partial charge in [-0.25, -0.2) is 0 Å². The van der Waals surface area contributed by atoms with Crippen LogP contribution in [0.3, 0.4) is 0 Å². The number of benzene rings is 2. The van der Waals surface area contributed by atoms with Gasteiger partial charge in [0.25, 0.3) is 11.5 Å². The molecule has 0 bridgehead atoms. The molecule has 1 aliphatic heterocycles. The number of hydrogen-bond donors (Lipinski definition) is 0. The number of carbonyl (C=O) groups excluding carboxylic acids is 1. The largest absolute Gasteiger partial charge is 0.483 e. The Bertz CT molecular complexity index is 1090. The van der Waals surface area contributed by atoms with E-state index in [-0.39, 0.29) is 18.1 Å². The molecule has 0 saturated carbocycles. The molecule has 0 aliphatic carbocycles. The number of nitrogens with zero attached hydrogens (tertiary/aromatic N) is 3. The summed E-state index contributed by atoms with van der Waals surface area (Å²) in [7, 11) is 1.61. The molecule has 31 heavy (non-hydrogen) atoms. The number of methoxy groups -OCH3 is 1. The molecule has 0 N–H and O–H groups in total. The van der Waals surface area contributed by atoms with Crippen molar-refractivity contribution in [2.45, 2.75) is 6.54 Å². The van der Waals surface area contributed by atoms with Crippen LogP contribution in [-0.4, -0.2) is 61.9 Å². The molecule has 1 aromatic heterocycles. The highest BCUT2D eigenvalue weighted by Crippen LogP contribution is 2.23. The van der Waals surface area contributed by atoms with Crippen molar-refractivity contribution in [2.75, 3.05) is 51.4 Å². The highest BCUT2D eigenvalue weighted by atomic mass is 16.5. The molecule has 0 spiro atoms. The number of anilines is 1. The molecule has 162 valence electrons. The fourth-order valence-corrected chi connectivity index (χ4v) is 3.86. The van der Waals surface area contributed by atoms with Crippen molar-refractivity contribution < 1.29 is 14.3 Å². The smallest absolute Gasteiger partial charge is 0.260 e. The lowest BCUT2D eigenvalue weighted by atomic mass is 10.1. The Labute approximate surface area is 181 Å². The lowest BCUT2D eigenvalue weighted by Gasteiger charge is -2.36. The monoisotopic (exact) mass is 421 g/mol. The van der Waals surface area contributed by atoms with Gasteiger partial charge < -0.3 is 23.8 Å². The molecule has 0 radical (unpaired) electrons. The zero-order valence-electron chi connectivity index (χ0n) is 17.7. The molecule has 4 rings (SSSR count). The fraction of sp³-hybridized carbons (Fsp3) is 0.333. The number of rotatable bonds is 7. The quantitative estimate of drug-likeness (QED) is 0.586. The maximum Gasteiger partial charge on any atom is 0.260 e. The van der Waals surface area contributed by atoms with E-state index in [9.17, 15) is 9.59 Å². The SMILES string of the molecule is COCCn1ccc2c(OCC(=O)N3CCN(c4ccccc4)CC3)cccc2c1=O. The molecule has 1 fully saturated rings. The van der Waals surface area contributed by atoms with Crippen LogP contribution < -0.4 is 15.2 Å². The molecule has 2 heterocycles. The van der Waals surface area contributed by atoms with E-state index in [4.69, 9.17) is 9.47 Å². The third-order valence-electron chi connectivity index (χ3n) is 5.62. The van der Waals surface area contributed by atoms with Gasteiger partial charge in [0.05, 0.1) is 12.0 Å². The molecule has 1 saturated heterocycles. The fourth-order valence-electron chi connectivity index (χ4n) is 3.86. The average molecular weight is 421 g/mol. The number of amides is 1. The summed E-state index contributed by atoms with van der Waals surface area (Å²) in [5.74, 6) is 0.503. The third-order valence-corrected chi connectivity index (χ3v) is 5.62. The van der Waals surface area contributed by atoms with Crippen molar-refractivity contribution in [1.29, 1.82) is 0 Å². The van der Waals surface area contributed by atoms with Gasteiger partial charge in [0, 0.05) is 57.1 Å². The number of hydrogen-bond acceptors (Lipinski definition) is 5. The van der Waals surface area contributed by atoms with Crippen molar-refractivity contribution >= 4 is 22.4 Å². The Kier molecular flexibility index (Phi) is 6.52. The summed E-state index contributed by atoms with van der Waals surface area (Å²) in [6.07, 6.45) is 1.74. The van der Waals surface area contributed by atoms with Crippen LogP contribution in [0, 0.1) is 0 Å². The minimum atomic E-state index is -0.0941. The minimum Gasteiger partial charge on any atom is -0.483 e. The third kappa shape index (κ3) is 4.72. The molecule has 0 unspecified atom stereocenters. The maximum atomic E-state index is 12.7. The Hall–Kier alpha value is -3.32. The summed E-state index contributed by atoms with van der Waals surface area (Å²) in [6, 6.07) is 17.4. The van der Waals surface area contributed by atoms with Crippen LogP contribution >= 0.6 is 0 Å². The van der Waals surface area contributed by atoms with Crippen LogP contribution in [0.5, 0.6) is 5.75 Å². The molecule has 2 aromatic carbocycles. The Morgan fingerprint density at radius 1 is 0.935 bits per heavy atom. The first-order valence-corrected chi connectivity index (χ1v) is 10.5. The Morgan fingerprint density at radius 3 is 2.45 bits per heavy atom. The number of fused-ring (bicyclic) bond motifs is 1. The molecule has 7 heteroatoms. The molecular weight excluding hydrogens is 394 g/mol. The number of pyridine rings is 1. The first kappa shape index (κ1) is 20.9. The van der Waals surface area contributed by atoms with E-state index in [2.05, 4.69) is 17.0 Å². The molecule has 3 aromatic rings. The second kappa shape index (κ2) is 9.66. The number of ether oxygens (including phenoxy) is 2. The predicted molar refractivity (Wildman–Crippen MR) is 121 cm³/mol. The summed E-state index contributed by atoms with van der Waals surface area (Å²) in [4.78, 5) is 29.5. The maximum absolute atomic E-state index is 12.7. The summed E-state index contributed by atoms with van der Waals surface area (Å²) < 4.78 is 12.5. The van der Waals surface area contributed by atoms with Gasteiger partial charge in [-0.2, -0.15) is 0 Å². The van der Waals surface area contributed by atoms with E-state index in [1.165, 1.54) is 5.69 Å². The van der Waals surface area contributed by atoms with Crippen LogP contribution in [-0.2, 0) is 16.1 Å². The van der Waals surface area contributed by atoms with Crippen molar-refractivity contribution in [3.05, 3.63) is 71.1 Å². The average Bonchev–Trinajstić information content (AvgIpc) is 2.83. The van der Waals surface area contributed by atoms with Gasteiger partial charge in [0.2, 0.25) is 0 Å². The van der Waals surface area contributed by atoms with Crippen LogP contribution in [0.4, 0.5) is 5.69 Å². The molecular formula is C24H27N3O4. The topological polar surface area (TPSA) is 64.0 Å². The van der Waals surface area contributed by atoms with Gasteiger partial charge in [-0.1, -0.05) is 24.3 Å². The van der Waals surface area contributed by atoms with Crippen molar-refractivity contribution in [3.63, 3.8) is 0 Å². The lowest BCUT2D eigenvalue weighted by Crippen LogP contribution is -2.50. The van der Waals surface area contributed by atoms with Crippen LogP contribution in [0.1, 0.15) is 0 Å². The first-order valence-electron chi connectivity index (χ1n) is 10.5. The predicted octanol–water partition coefficient (Wildman–Crippen LogP) is 2.38. The second-order valence-electron chi connectivity index (χ2n) is 7.52. The van der Waals surface area contributed by atoms with Crippen LogP contribution in [0.2, 0.25) is 0 Å². The number of para-hydroxylation sites is 1. The number of piperazine rings is 1. The van der Waals surface area contributed by atoms with E-state index in [0.717, 1.165) is 13.1 Å². The van der Waals surface area contributed by atoms with E-state index in [1.807, 2.05) is 29.2 Å². The van der Waals surface area contributed by atoms with E-state index < -0.39 is 0 Å². The summed E-state index contributed by atoms with van der Waals surface area (Å²) in [5, 5.41) is 1.28. The zero-order valence-corrected chi connectivity index (χ0v) is 17.7. The lowest BCUT2D eigenvalue weighted by molar-refractivity contribution is -0.133. The number of carbonyl (C=O) groups is 1. The number of aromatic nitrogens is 1. The van der Waals surface area contributed by atoms with Gasteiger partial charge in [0.1, 0.15) is 5.75 Å². The van der Waals surface area contributed by atoms with E-state index in [0.29, 0.717) is 42.8 Å². The van der Waals surface area contributed by atoms with Gasteiger partial charge in [-0.05, 0) is 30.3 Å².